The number of thioether (sulfide) groups is 1. The Morgan fingerprint density at radius 2 is 1.45 bits per heavy atom. The van der Waals surface area contributed by atoms with Crippen LogP contribution in [0, 0.1) is 13.8 Å². The Morgan fingerprint density at radius 3 is 2.02 bits per heavy atom. The molecule has 0 aliphatic heterocycles. The fourth-order valence-corrected chi connectivity index (χ4v) is 6.95. The van der Waals surface area contributed by atoms with E-state index in [9.17, 15) is 13.8 Å². The lowest BCUT2D eigenvalue weighted by Crippen LogP contribution is -2.26. The maximum absolute atomic E-state index is 12.7. The van der Waals surface area contributed by atoms with Gasteiger partial charge in [-0.15, -0.1) is 0 Å². The van der Waals surface area contributed by atoms with Crippen LogP contribution in [0.1, 0.15) is 82.0 Å². The van der Waals surface area contributed by atoms with Crippen LogP contribution in [-0.4, -0.2) is 45.8 Å². The zero-order valence-electron chi connectivity index (χ0n) is 23.6. The van der Waals surface area contributed by atoms with Gasteiger partial charge < -0.3 is 0 Å². The molecule has 228 valence electrons. The van der Waals surface area contributed by atoms with Gasteiger partial charge in [0, 0.05) is 47.6 Å². The van der Waals surface area contributed by atoms with Crippen molar-refractivity contribution in [1.82, 2.24) is 29.1 Å². The smallest absolute Gasteiger partial charge is 0.267 e. The summed E-state index contributed by atoms with van der Waals surface area (Å²) in [6.45, 7) is 3.82. The van der Waals surface area contributed by atoms with Crippen LogP contribution >= 0.6 is 27.7 Å². The molecule has 0 amide bonds. The van der Waals surface area contributed by atoms with Crippen molar-refractivity contribution in [1.29, 1.82) is 0 Å². The van der Waals surface area contributed by atoms with Gasteiger partial charge in [-0.3, -0.25) is 27.6 Å². The van der Waals surface area contributed by atoms with E-state index in [1.165, 1.54) is 24.6 Å². The molecule has 0 spiro atoms. The highest BCUT2D eigenvalue weighted by Gasteiger charge is 2.24. The molecular weight excluding hydrogens is 643 g/mol. The van der Waals surface area contributed by atoms with Crippen LogP contribution in [0.25, 0.3) is 22.1 Å². The standard InChI is InChI=1S/C14H16BrN3O2S.C14H17N3OS.CH4.FH/c1-8-10-7-16-14(21(2)20)17-12(10)18(13(19)11(8)15)9-5-3-4-6-9;1-9-7-12(18)17(10-5-3-4-6-10)13-11(9)8-15-14(16-13)19-2;;/h7,9H,3-6H2,1-2H3;7-8,10H,3-6H2,1-2H3;1H4;1H. The van der Waals surface area contributed by atoms with Crippen LogP contribution in [0.5, 0.6) is 0 Å². The summed E-state index contributed by atoms with van der Waals surface area (Å²) < 4.78 is 15.9. The van der Waals surface area contributed by atoms with Crippen LogP contribution in [0.4, 0.5) is 4.70 Å². The van der Waals surface area contributed by atoms with Gasteiger partial charge in [0.05, 0.1) is 15.3 Å². The number of rotatable bonds is 4. The maximum Gasteiger partial charge on any atom is 0.267 e. The first-order valence-corrected chi connectivity index (χ1v) is 17.1. The molecule has 2 saturated carbocycles. The summed E-state index contributed by atoms with van der Waals surface area (Å²) in [7, 11) is -1.26. The second kappa shape index (κ2) is 14.3. The molecule has 9 nitrogen and oxygen atoms in total. The normalized spacial score (nSPS) is 16.1. The number of hydrogen-bond acceptors (Lipinski definition) is 8. The van der Waals surface area contributed by atoms with Gasteiger partial charge in [0.25, 0.3) is 11.1 Å². The third kappa shape index (κ3) is 6.52. The molecule has 2 fully saturated rings. The first-order valence-electron chi connectivity index (χ1n) is 13.5. The summed E-state index contributed by atoms with van der Waals surface area (Å²) in [6, 6.07) is 2.19. The van der Waals surface area contributed by atoms with Crippen LogP contribution in [0.2, 0.25) is 0 Å². The second-order valence-corrected chi connectivity index (χ2v) is 13.3. The number of aryl methyl sites for hydroxylation is 2. The fourth-order valence-electron chi connectivity index (χ4n) is 5.80. The summed E-state index contributed by atoms with van der Waals surface area (Å²) in [5, 5.41) is 2.83. The Bertz CT molecular complexity index is 1730. The Balaban J connectivity index is 0.000000221. The van der Waals surface area contributed by atoms with Crippen LogP contribution < -0.4 is 11.1 Å². The minimum absolute atomic E-state index is 0. The van der Waals surface area contributed by atoms with E-state index in [-0.39, 0.29) is 34.4 Å². The van der Waals surface area contributed by atoms with E-state index in [1.54, 1.807) is 23.1 Å². The molecule has 0 aromatic carbocycles. The fraction of sp³-hybridized carbons (Fsp3) is 0.517. The lowest BCUT2D eigenvalue weighted by molar-refractivity contribution is 0.512. The van der Waals surface area contributed by atoms with Crippen molar-refractivity contribution in [3.05, 3.63) is 54.8 Å². The van der Waals surface area contributed by atoms with Gasteiger partial charge in [0.2, 0.25) is 5.16 Å². The van der Waals surface area contributed by atoms with Crippen molar-refractivity contribution >= 4 is 60.6 Å². The van der Waals surface area contributed by atoms with E-state index in [0.717, 1.165) is 71.2 Å². The lowest BCUT2D eigenvalue weighted by atomic mass is 10.1. The number of hydrogen-bond donors (Lipinski definition) is 0. The van der Waals surface area contributed by atoms with E-state index in [2.05, 4.69) is 35.9 Å². The van der Waals surface area contributed by atoms with Gasteiger partial charge in [-0.1, -0.05) is 44.9 Å². The Labute approximate surface area is 259 Å². The summed E-state index contributed by atoms with van der Waals surface area (Å²) in [4.78, 5) is 42.5. The third-order valence-electron chi connectivity index (χ3n) is 7.91. The molecule has 0 radical (unpaired) electrons. The topological polar surface area (TPSA) is 113 Å². The molecule has 13 heteroatoms. The molecule has 1 unspecified atom stereocenters. The van der Waals surface area contributed by atoms with Crippen molar-refractivity contribution in [3.63, 3.8) is 0 Å². The highest BCUT2D eigenvalue weighted by molar-refractivity contribution is 9.10. The quantitative estimate of drug-likeness (QED) is 0.179. The van der Waals surface area contributed by atoms with Crippen molar-refractivity contribution in [3.8, 4) is 0 Å². The largest absolute Gasteiger partial charge is 0.289 e. The molecule has 4 aromatic rings. The highest BCUT2D eigenvalue weighted by Crippen LogP contribution is 2.33. The summed E-state index contributed by atoms with van der Waals surface area (Å²) >= 11 is 4.91. The summed E-state index contributed by atoms with van der Waals surface area (Å²) in [6.07, 6.45) is 15.8. The number of nitrogens with zero attached hydrogens (tertiary/aromatic N) is 6. The van der Waals surface area contributed by atoms with E-state index in [4.69, 9.17) is 0 Å². The Hall–Kier alpha value is -2.51. The first kappa shape index (κ1) is 34.0. The Morgan fingerprint density at radius 1 is 0.905 bits per heavy atom. The SMILES string of the molecule is C.CSc1ncc2c(C)cc(=O)n(C3CCCC3)c2n1.Cc1c(Br)c(=O)n(C2CCCC2)c2nc(S(C)=O)ncc12.F. The monoisotopic (exact) mass is 680 g/mol. The summed E-state index contributed by atoms with van der Waals surface area (Å²) in [5.41, 5.74) is 3.21. The van der Waals surface area contributed by atoms with Gasteiger partial charge in [-0.25, -0.2) is 19.9 Å². The predicted octanol–water partition coefficient (Wildman–Crippen LogP) is 6.44. The minimum Gasteiger partial charge on any atom is -0.289 e. The van der Waals surface area contributed by atoms with Crippen LogP contribution in [-0.2, 0) is 10.8 Å². The van der Waals surface area contributed by atoms with Gasteiger partial charge in [-0.05, 0) is 72.8 Å². The van der Waals surface area contributed by atoms with Crippen molar-refractivity contribution in [2.75, 3.05) is 12.5 Å². The molecular formula is C29H38BrFN6O3S2. The van der Waals surface area contributed by atoms with Gasteiger partial charge >= 0.3 is 0 Å². The van der Waals surface area contributed by atoms with Gasteiger partial charge in [-0.2, -0.15) is 0 Å². The van der Waals surface area contributed by atoms with E-state index >= 15 is 0 Å². The Kier molecular flexibility index (Phi) is 11.6. The van der Waals surface area contributed by atoms with E-state index < -0.39 is 10.8 Å². The van der Waals surface area contributed by atoms with Crippen LogP contribution in [0.3, 0.4) is 0 Å². The number of pyridine rings is 2. The second-order valence-electron chi connectivity index (χ2n) is 10.5. The number of fused-ring (bicyclic) bond motifs is 2. The van der Waals surface area contributed by atoms with E-state index in [0.29, 0.717) is 16.2 Å². The van der Waals surface area contributed by atoms with Crippen molar-refractivity contribution < 1.29 is 8.91 Å². The molecule has 4 aromatic heterocycles. The summed E-state index contributed by atoms with van der Waals surface area (Å²) in [5.74, 6) is 0. The van der Waals surface area contributed by atoms with Gasteiger partial charge in [0.15, 0.2) is 5.16 Å². The van der Waals surface area contributed by atoms with Crippen molar-refractivity contribution in [2.24, 2.45) is 0 Å². The molecule has 4 heterocycles. The average Bonchev–Trinajstić information content (AvgIpc) is 3.67. The van der Waals surface area contributed by atoms with Crippen LogP contribution in [0.15, 0.2) is 42.8 Å². The third-order valence-corrected chi connectivity index (χ3v) is 10.1. The minimum atomic E-state index is -1.26. The number of halogens is 2. The highest BCUT2D eigenvalue weighted by atomic mass is 79.9. The molecule has 6 rings (SSSR count). The number of aromatic nitrogens is 6. The molecule has 2 aliphatic carbocycles. The zero-order chi connectivity index (χ0) is 28.6. The average molecular weight is 682 g/mol. The molecule has 0 N–H and O–H groups in total. The molecule has 0 bridgehead atoms. The lowest BCUT2D eigenvalue weighted by Gasteiger charge is -2.18. The predicted molar refractivity (Wildman–Crippen MR) is 173 cm³/mol. The first-order chi connectivity index (χ1) is 19.2. The zero-order valence-corrected chi connectivity index (χ0v) is 26.8. The molecule has 0 saturated heterocycles. The molecule has 42 heavy (non-hydrogen) atoms. The van der Waals surface area contributed by atoms with E-state index in [1.807, 2.05) is 30.9 Å². The molecule has 1 atom stereocenters. The maximum atomic E-state index is 12.7. The molecule has 2 aliphatic rings. The van der Waals surface area contributed by atoms with Gasteiger partial charge in [0.1, 0.15) is 11.3 Å². The van der Waals surface area contributed by atoms with Crippen molar-refractivity contribution in [2.45, 2.75) is 95.0 Å².